The molecule has 0 radical (unpaired) electrons. The summed E-state index contributed by atoms with van der Waals surface area (Å²) in [6.45, 7) is 0.914. The van der Waals surface area contributed by atoms with Crippen molar-refractivity contribution in [1.82, 2.24) is 0 Å². The minimum atomic E-state index is -4.02. The van der Waals surface area contributed by atoms with Gasteiger partial charge in [0.2, 0.25) is 0 Å². The van der Waals surface area contributed by atoms with Gasteiger partial charge in [-0.05, 0) is 6.42 Å². The fourth-order valence-electron chi connectivity index (χ4n) is 4.33. The summed E-state index contributed by atoms with van der Waals surface area (Å²) in [5.41, 5.74) is -3.07. The predicted octanol–water partition coefficient (Wildman–Crippen LogP) is -2.71. The third-order valence-corrected chi connectivity index (χ3v) is 6.52. The van der Waals surface area contributed by atoms with Crippen LogP contribution in [0.1, 0.15) is 64.7 Å². The molecule has 2 saturated heterocycles. The lowest BCUT2D eigenvalue weighted by Crippen LogP contribution is -2.71. The second-order valence-electron chi connectivity index (χ2n) is 9.30. The van der Waals surface area contributed by atoms with Gasteiger partial charge in [-0.15, -0.1) is 0 Å². The number of aliphatic hydroxyl groups excluding tert-OH is 5. The molecule has 0 spiro atoms. The van der Waals surface area contributed by atoms with Crippen LogP contribution in [0.2, 0.25) is 0 Å². The molecule has 14 nitrogen and oxygen atoms in total. The Bertz CT molecular complexity index is 791. The van der Waals surface area contributed by atoms with Gasteiger partial charge in [-0.1, -0.05) is 51.9 Å². The van der Waals surface area contributed by atoms with Crippen molar-refractivity contribution in [2.24, 2.45) is 5.92 Å². The van der Waals surface area contributed by atoms with Crippen molar-refractivity contribution in [2.45, 2.75) is 106 Å². The van der Waals surface area contributed by atoms with E-state index in [-0.39, 0.29) is 6.42 Å². The number of unbranched alkanes of at least 4 members (excludes halogenated alkanes) is 6. The van der Waals surface area contributed by atoms with Crippen molar-refractivity contribution in [3.63, 3.8) is 0 Å². The highest BCUT2D eigenvalue weighted by Crippen LogP contribution is 2.43. The quantitative estimate of drug-likeness (QED) is 0.0903. The third-order valence-electron chi connectivity index (χ3n) is 6.52. The highest BCUT2D eigenvalue weighted by atomic mass is 16.9. The molecule has 0 saturated carbocycles. The van der Waals surface area contributed by atoms with Crippen LogP contribution in [0.5, 0.6) is 0 Å². The molecular weight excluding hydrogens is 488 g/mol. The van der Waals surface area contributed by atoms with Gasteiger partial charge in [0.15, 0.2) is 11.7 Å². The van der Waals surface area contributed by atoms with E-state index in [1.807, 2.05) is 0 Å². The Morgan fingerprint density at radius 1 is 0.889 bits per heavy atom. The zero-order valence-electron chi connectivity index (χ0n) is 20.0. The standard InChI is InChI=1S/C22H36O14/c1-2-3-4-5-6-7-8-9-12(24)15-18(29)35-22(33)21(32,17(28)16(27)13(25)11-23)34-14(26)10-20(15,31)19(30)36-22/h12-13,15-17,23-25,27-28,31-33H,2-11H2,1H3/t12?,13-,15?,16+,17+,20?,21+,22?/m0/s1. The largest absolute Gasteiger partial charge is 0.446 e. The summed E-state index contributed by atoms with van der Waals surface area (Å²) in [6, 6.07) is 0. The van der Waals surface area contributed by atoms with E-state index in [9.17, 15) is 50.1 Å². The SMILES string of the molecule is CCCCCCCCCC(O)C1C(=O)OC2(O)OC(=O)C1(O)CC(=O)O[C@]2(O)[C@H](O)[C@H](O)[C@@H](O)CO. The van der Waals surface area contributed by atoms with E-state index in [1.165, 1.54) is 0 Å². The van der Waals surface area contributed by atoms with E-state index in [2.05, 4.69) is 21.1 Å². The van der Waals surface area contributed by atoms with Gasteiger partial charge in [0, 0.05) is 0 Å². The summed E-state index contributed by atoms with van der Waals surface area (Å²) in [5, 5.41) is 82.1. The molecule has 0 aromatic rings. The van der Waals surface area contributed by atoms with E-state index in [4.69, 9.17) is 5.11 Å². The first-order chi connectivity index (χ1) is 16.8. The molecule has 0 aliphatic carbocycles. The highest BCUT2D eigenvalue weighted by Gasteiger charge is 2.73. The Morgan fingerprint density at radius 3 is 2.06 bits per heavy atom. The monoisotopic (exact) mass is 524 g/mol. The number of hydrogen-bond acceptors (Lipinski definition) is 14. The van der Waals surface area contributed by atoms with Crippen molar-refractivity contribution in [3.05, 3.63) is 0 Å². The van der Waals surface area contributed by atoms with Gasteiger partial charge in [0.05, 0.1) is 19.1 Å². The lowest BCUT2D eigenvalue weighted by atomic mass is 9.79. The number of ether oxygens (including phenoxy) is 3. The van der Waals surface area contributed by atoms with Gasteiger partial charge < -0.3 is 55.1 Å². The molecule has 2 fully saturated rings. The normalized spacial score (nSPS) is 33.9. The van der Waals surface area contributed by atoms with Crippen LogP contribution in [0, 0.1) is 5.92 Å². The Morgan fingerprint density at radius 2 is 1.47 bits per heavy atom. The number of carbonyl (C=O) groups is 3. The average molecular weight is 525 g/mol. The summed E-state index contributed by atoms with van der Waals surface area (Å²) in [6.07, 6.45) is -4.77. The molecule has 36 heavy (non-hydrogen) atoms. The van der Waals surface area contributed by atoms with Crippen LogP contribution >= 0.6 is 0 Å². The van der Waals surface area contributed by atoms with Crippen LogP contribution < -0.4 is 0 Å². The first kappa shape index (κ1) is 30.3. The van der Waals surface area contributed by atoms with Crippen LogP contribution in [0.3, 0.4) is 0 Å². The number of rotatable bonds is 13. The first-order valence-electron chi connectivity index (χ1n) is 12.0. The van der Waals surface area contributed by atoms with Crippen molar-refractivity contribution < 1.29 is 69.4 Å². The zero-order valence-corrected chi connectivity index (χ0v) is 20.0. The summed E-state index contributed by atoms with van der Waals surface area (Å²) >= 11 is 0. The molecule has 208 valence electrons. The van der Waals surface area contributed by atoms with Gasteiger partial charge in [0.25, 0.3) is 0 Å². The van der Waals surface area contributed by atoms with Crippen LogP contribution in [0.15, 0.2) is 0 Å². The van der Waals surface area contributed by atoms with Gasteiger partial charge in [-0.2, -0.15) is 0 Å². The first-order valence-corrected chi connectivity index (χ1v) is 12.0. The summed E-state index contributed by atoms with van der Waals surface area (Å²) < 4.78 is 13.8. The van der Waals surface area contributed by atoms with Crippen LogP contribution in [-0.2, 0) is 28.6 Å². The van der Waals surface area contributed by atoms with Gasteiger partial charge in [-0.3, -0.25) is 9.59 Å². The number of cyclic esters (lactones) is 1. The molecule has 0 amide bonds. The second-order valence-corrected chi connectivity index (χ2v) is 9.30. The van der Waals surface area contributed by atoms with E-state index in [0.717, 1.165) is 32.1 Å². The van der Waals surface area contributed by atoms with Gasteiger partial charge in [-0.25, -0.2) is 4.79 Å². The fraction of sp³-hybridized carbons (Fsp3) is 0.864. The smallest absolute Gasteiger partial charge is 0.419 e. The lowest BCUT2D eigenvalue weighted by molar-refractivity contribution is -0.466. The van der Waals surface area contributed by atoms with E-state index in [0.29, 0.717) is 12.8 Å². The average Bonchev–Trinajstić information content (AvgIpc) is 2.86. The molecule has 0 aromatic carbocycles. The number of aliphatic hydroxyl groups is 8. The summed E-state index contributed by atoms with van der Waals surface area (Å²) in [7, 11) is 0. The maximum Gasteiger partial charge on any atom is 0.446 e. The maximum absolute atomic E-state index is 12.9. The zero-order chi connectivity index (χ0) is 27.3. The topological polar surface area (TPSA) is 241 Å². The van der Waals surface area contributed by atoms with Crippen molar-refractivity contribution in [2.75, 3.05) is 6.61 Å². The van der Waals surface area contributed by atoms with Crippen molar-refractivity contribution in [1.29, 1.82) is 0 Å². The fourth-order valence-corrected chi connectivity index (χ4v) is 4.33. The number of hydrogen-bond donors (Lipinski definition) is 8. The molecule has 2 rings (SSSR count). The molecule has 2 heterocycles. The minimum Gasteiger partial charge on any atom is -0.419 e. The Labute approximate surface area is 207 Å². The van der Waals surface area contributed by atoms with Crippen molar-refractivity contribution in [3.8, 4) is 0 Å². The Balaban J connectivity index is 2.32. The summed E-state index contributed by atoms with van der Waals surface area (Å²) in [5.74, 6) is -15.3. The van der Waals surface area contributed by atoms with E-state index >= 15 is 0 Å². The molecule has 2 bridgehead atoms. The molecule has 8 N–H and O–H groups in total. The van der Waals surface area contributed by atoms with Crippen LogP contribution in [0.4, 0.5) is 0 Å². The maximum atomic E-state index is 12.9. The predicted molar refractivity (Wildman–Crippen MR) is 115 cm³/mol. The molecule has 8 atom stereocenters. The summed E-state index contributed by atoms with van der Waals surface area (Å²) in [4.78, 5) is 38.2. The second kappa shape index (κ2) is 12.1. The molecule has 4 unspecified atom stereocenters. The Hall–Kier alpha value is -1.91. The number of esters is 3. The van der Waals surface area contributed by atoms with Crippen LogP contribution in [0.25, 0.3) is 0 Å². The molecule has 2 aliphatic heterocycles. The van der Waals surface area contributed by atoms with Gasteiger partial charge in [0.1, 0.15) is 18.1 Å². The van der Waals surface area contributed by atoms with Crippen molar-refractivity contribution >= 4 is 17.9 Å². The molecule has 14 heteroatoms. The molecule has 0 aromatic heterocycles. The number of carbonyl (C=O) groups excluding carboxylic acids is 3. The minimum absolute atomic E-state index is 0.106. The molecular formula is C22H36O14. The van der Waals surface area contributed by atoms with E-state index in [1.54, 1.807) is 0 Å². The Kier molecular flexibility index (Phi) is 10.2. The van der Waals surface area contributed by atoms with Gasteiger partial charge >= 0.3 is 29.7 Å². The van der Waals surface area contributed by atoms with Crippen LogP contribution in [-0.4, -0.2) is 107 Å². The lowest BCUT2D eigenvalue weighted by Gasteiger charge is -2.43. The number of fused-ring (bicyclic) bond motifs is 3. The third kappa shape index (κ3) is 5.97. The highest BCUT2D eigenvalue weighted by molar-refractivity contribution is 5.93. The molecule has 2 aliphatic rings. The van der Waals surface area contributed by atoms with E-state index < -0.39 is 78.6 Å².